The quantitative estimate of drug-likeness (QED) is 0.694. The average molecular weight is 296 g/mol. The highest BCUT2D eigenvalue weighted by atomic mass is 16.5. The lowest BCUT2D eigenvalue weighted by atomic mass is 9.82. The minimum atomic E-state index is -0.386. The lowest BCUT2D eigenvalue weighted by Crippen LogP contribution is -2.23. The monoisotopic (exact) mass is 296 g/mol. The normalized spacial score (nSPS) is 12.5. The van der Waals surface area contributed by atoms with Crippen molar-refractivity contribution in [2.45, 2.75) is 0 Å². The smallest absolute Gasteiger partial charge is 0.202 e. The van der Waals surface area contributed by atoms with E-state index in [1.165, 1.54) is 26.4 Å². The van der Waals surface area contributed by atoms with Crippen LogP contribution in [0.25, 0.3) is 0 Å². The van der Waals surface area contributed by atoms with Gasteiger partial charge in [0.15, 0.2) is 12.1 Å². The molecule has 0 unspecified atom stereocenters. The van der Waals surface area contributed by atoms with Crippen LogP contribution in [0.15, 0.2) is 30.3 Å². The van der Waals surface area contributed by atoms with E-state index in [9.17, 15) is 14.4 Å². The fraction of sp³-hybridized carbons (Fsp3) is 0.118. The summed E-state index contributed by atoms with van der Waals surface area (Å²) in [6.45, 7) is 0. The molecular weight excluding hydrogens is 284 g/mol. The Hall–Kier alpha value is -2.95. The van der Waals surface area contributed by atoms with E-state index in [1.54, 1.807) is 18.2 Å². The van der Waals surface area contributed by atoms with Crippen LogP contribution in [0.5, 0.6) is 11.5 Å². The average Bonchev–Trinajstić information content (AvgIpc) is 2.57. The Bertz CT molecular complexity index is 820. The van der Waals surface area contributed by atoms with Crippen LogP contribution >= 0.6 is 0 Å². The summed E-state index contributed by atoms with van der Waals surface area (Å²) in [7, 11) is 2.79. The zero-order valence-corrected chi connectivity index (χ0v) is 12.0. The maximum absolute atomic E-state index is 12.9. The first-order valence-electron chi connectivity index (χ1n) is 6.56. The summed E-state index contributed by atoms with van der Waals surface area (Å²) in [5.74, 6) is -0.246. The molecule has 0 heterocycles. The van der Waals surface area contributed by atoms with Crippen LogP contribution < -0.4 is 9.47 Å². The molecule has 0 atom stereocenters. The first-order chi connectivity index (χ1) is 10.6. The van der Waals surface area contributed by atoms with Gasteiger partial charge in [0, 0.05) is 11.1 Å². The van der Waals surface area contributed by atoms with Crippen LogP contribution in [-0.4, -0.2) is 32.1 Å². The van der Waals surface area contributed by atoms with Crippen LogP contribution in [0.4, 0.5) is 0 Å². The van der Waals surface area contributed by atoms with Crippen molar-refractivity contribution < 1.29 is 23.9 Å². The van der Waals surface area contributed by atoms with Gasteiger partial charge in [-0.2, -0.15) is 0 Å². The molecule has 0 saturated heterocycles. The molecule has 5 nitrogen and oxygen atoms in total. The molecule has 0 radical (unpaired) electrons. The van der Waals surface area contributed by atoms with E-state index in [4.69, 9.17) is 9.47 Å². The van der Waals surface area contributed by atoms with E-state index >= 15 is 0 Å². The van der Waals surface area contributed by atoms with Gasteiger partial charge in [0.1, 0.15) is 11.5 Å². The van der Waals surface area contributed by atoms with Crippen molar-refractivity contribution in [1.82, 2.24) is 0 Å². The van der Waals surface area contributed by atoms with E-state index in [1.807, 2.05) is 0 Å². The summed E-state index contributed by atoms with van der Waals surface area (Å²) in [4.78, 5) is 36.6. The molecule has 0 saturated carbocycles. The lowest BCUT2D eigenvalue weighted by molar-refractivity contribution is 0.0973. The zero-order valence-electron chi connectivity index (χ0n) is 12.0. The number of ketones is 2. The van der Waals surface area contributed by atoms with Crippen molar-refractivity contribution in [1.29, 1.82) is 0 Å². The number of carbonyl (C=O) groups is 3. The molecule has 1 aliphatic rings. The molecule has 0 aliphatic heterocycles. The van der Waals surface area contributed by atoms with Gasteiger partial charge < -0.3 is 9.47 Å². The van der Waals surface area contributed by atoms with Gasteiger partial charge in [0.05, 0.1) is 30.9 Å². The molecule has 1 aliphatic carbocycles. The van der Waals surface area contributed by atoms with Crippen molar-refractivity contribution in [3.8, 4) is 11.5 Å². The third-order valence-corrected chi connectivity index (χ3v) is 3.71. The van der Waals surface area contributed by atoms with Crippen molar-refractivity contribution in [2.75, 3.05) is 14.2 Å². The second kappa shape index (κ2) is 5.11. The van der Waals surface area contributed by atoms with Gasteiger partial charge in [-0.1, -0.05) is 12.1 Å². The van der Waals surface area contributed by atoms with Crippen LogP contribution in [0.2, 0.25) is 0 Å². The zero-order chi connectivity index (χ0) is 15.9. The molecule has 5 heteroatoms. The van der Waals surface area contributed by atoms with Gasteiger partial charge in [0.2, 0.25) is 5.78 Å². The number of benzene rings is 2. The third kappa shape index (κ3) is 1.75. The van der Waals surface area contributed by atoms with Crippen molar-refractivity contribution >= 4 is 17.9 Å². The maximum Gasteiger partial charge on any atom is 0.202 e. The molecule has 0 aromatic heterocycles. The molecule has 110 valence electrons. The third-order valence-electron chi connectivity index (χ3n) is 3.71. The van der Waals surface area contributed by atoms with Gasteiger partial charge in [-0.3, -0.25) is 14.4 Å². The SMILES string of the molecule is COc1cccc2c1C(=O)c1c(ccc(C=O)c1OC)C2=O. The van der Waals surface area contributed by atoms with E-state index in [0.29, 0.717) is 12.0 Å². The maximum atomic E-state index is 12.9. The number of carbonyl (C=O) groups excluding carboxylic acids is 3. The van der Waals surface area contributed by atoms with Crippen LogP contribution in [0, 0.1) is 0 Å². The Kier molecular flexibility index (Phi) is 3.25. The van der Waals surface area contributed by atoms with E-state index < -0.39 is 0 Å². The van der Waals surface area contributed by atoms with Crippen LogP contribution in [0.1, 0.15) is 42.2 Å². The molecule has 22 heavy (non-hydrogen) atoms. The Morgan fingerprint density at radius 2 is 1.59 bits per heavy atom. The minimum absolute atomic E-state index is 0.106. The Morgan fingerprint density at radius 3 is 2.23 bits per heavy atom. The molecule has 2 aromatic carbocycles. The van der Waals surface area contributed by atoms with Gasteiger partial charge in [-0.05, 0) is 18.2 Å². The topological polar surface area (TPSA) is 69.7 Å². The molecule has 2 aromatic rings. The minimum Gasteiger partial charge on any atom is -0.496 e. The highest BCUT2D eigenvalue weighted by Gasteiger charge is 2.35. The number of rotatable bonds is 3. The first kappa shape index (κ1) is 14.0. The number of ether oxygens (including phenoxy) is 2. The number of fused-ring (bicyclic) bond motifs is 2. The van der Waals surface area contributed by atoms with Crippen LogP contribution in [-0.2, 0) is 0 Å². The van der Waals surface area contributed by atoms with Gasteiger partial charge in [0.25, 0.3) is 0 Å². The van der Waals surface area contributed by atoms with E-state index in [0.717, 1.165) is 0 Å². The molecule has 3 rings (SSSR count). The highest BCUT2D eigenvalue weighted by molar-refractivity contribution is 6.30. The van der Waals surface area contributed by atoms with E-state index in [-0.39, 0.29) is 45.1 Å². The highest BCUT2D eigenvalue weighted by Crippen LogP contribution is 2.38. The van der Waals surface area contributed by atoms with Gasteiger partial charge in [-0.15, -0.1) is 0 Å². The van der Waals surface area contributed by atoms with Gasteiger partial charge >= 0.3 is 0 Å². The second-order valence-corrected chi connectivity index (χ2v) is 4.77. The number of hydrogen-bond acceptors (Lipinski definition) is 5. The summed E-state index contributed by atoms with van der Waals surface area (Å²) in [6.07, 6.45) is 0.592. The summed E-state index contributed by atoms with van der Waals surface area (Å²) in [6, 6.07) is 7.81. The van der Waals surface area contributed by atoms with Crippen LogP contribution in [0.3, 0.4) is 0 Å². The summed E-state index contributed by atoms with van der Waals surface area (Å²) in [5.41, 5.74) is 1.05. The Labute approximate surface area is 126 Å². The number of hydrogen-bond donors (Lipinski definition) is 0. The molecule has 0 N–H and O–H groups in total. The number of methoxy groups -OCH3 is 2. The van der Waals surface area contributed by atoms with Crippen molar-refractivity contribution in [3.63, 3.8) is 0 Å². The fourth-order valence-corrected chi connectivity index (χ4v) is 2.72. The molecular formula is C17H12O5. The summed E-state index contributed by atoms with van der Waals surface area (Å²) < 4.78 is 10.4. The molecule has 0 fully saturated rings. The molecule has 0 amide bonds. The van der Waals surface area contributed by atoms with Gasteiger partial charge in [-0.25, -0.2) is 0 Å². The fourth-order valence-electron chi connectivity index (χ4n) is 2.72. The lowest BCUT2D eigenvalue weighted by Gasteiger charge is -2.21. The van der Waals surface area contributed by atoms with Crippen molar-refractivity contribution in [2.24, 2.45) is 0 Å². The Morgan fingerprint density at radius 1 is 0.864 bits per heavy atom. The Balaban J connectivity index is 2.37. The predicted molar refractivity (Wildman–Crippen MR) is 78.2 cm³/mol. The standard InChI is InChI=1S/C17H12O5/c1-21-12-5-3-4-10-13(12)16(20)14-11(15(10)19)7-6-9(8-18)17(14)22-2/h3-8H,1-2H3. The predicted octanol–water partition coefficient (Wildman–Crippen LogP) is 2.29. The molecule has 0 bridgehead atoms. The molecule has 0 spiro atoms. The summed E-state index contributed by atoms with van der Waals surface area (Å²) >= 11 is 0. The largest absolute Gasteiger partial charge is 0.496 e. The van der Waals surface area contributed by atoms with E-state index in [2.05, 4.69) is 0 Å². The number of aldehydes is 1. The summed E-state index contributed by atoms with van der Waals surface area (Å²) in [5, 5.41) is 0. The van der Waals surface area contributed by atoms with Crippen molar-refractivity contribution in [3.05, 3.63) is 58.1 Å². The first-order valence-corrected chi connectivity index (χ1v) is 6.56. The second-order valence-electron chi connectivity index (χ2n) is 4.77.